The quantitative estimate of drug-likeness (QED) is 0.737. The van der Waals surface area contributed by atoms with E-state index in [1.807, 2.05) is 0 Å². The number of nitrogens with one attached hydrogen (secondary N) is 1. The fraction of sp³-hybridized carbons (Fsp3) is 0.632. The molecule has 0 atom stereocenters. The van der Waals surface area contributed by atoms with Gasteiger partial charge in [-0.15, -0.1) is 0 Å². The van der Waals surface area contributed by atoms with Crippen molar-refractivity contribution in [3.63, 3.8) is 0 Å². The highest BCUT2D eigenvalue weighted by Crippen LogP contribution is 2.21. The number of hydrogen-bond donors (Lipinski definition) is 1. The third kappa shape index (κ3) is 4.84. The average molecular weight is 380 g/mol. The van der Waals surface area contributed by atoms with Crippen LogP contribution in [0.25, 0.3) is 0 Å². The van der Waals surface area contributed by atoms with Gasteiger partial charge >= 0.3 is 0 Å². The first-order valence-electron chi connectivity index (χ1n) is 9.68. The lowest BCUT2D eigenvalue weighted by atomic mass is 10.1. The molecule has 144 valence electrons. The summed E-state index contributed by atoms with van der Waals surface area (Å²) in [4.78, 5) is 14.9. The minimum Gasteiger partial charge on any atom is -0.352 e. The Bertz CT molecular complexity index is 691. The van der Waals surface area contributed by atoms with Gasteiger partial charge < -0.3 is 10.2 Å². The topological polar surface area (TPSA) is 69.7 Å². The van der Waals surface area contributed by atoms with Crippen molar-refractivity contribution in [1.82, 2.24) is 14.5 Å². The second-order valence-corrected chi connectivity index (χ2v) is 9.09. The van der Waals surface area contributed by atoms with E-state index in [1.165, 1.54) is 48.8 Å². The van der Waals surface area contributed by atoms with Crippen LogP contribution in [0.3, 0.4) is 0 Å². The number of piperidine rings is 1. The summed E-state index contributed by atoms with van der Waals surface area (Å²) in [6.07, 6.45) is 6.65. The summed E-state index contributed by atoms with van der Waals surface area (Å²) in [5.41, 5.74) is 0.503. The van der Waals surface area contributed by atoms with Crippen molar-refractivity contribution in [3.05, 3.63) is 29.8 Å². The number of likely N-dealkylation sites (tertiary alicyclic amines) is 1. The summed E-state index contributed by atoms with van der Waals surface area (Å²) in [5.74, 6) is -0.145. The Morgan fingerprint density at radius 2 is 1.54 bits per heavy atom. The minimum atomic E-state index is -3.42. The fourth-order valence-electron chi connectivity index (χ4n) is 3.65. The number of hydrogen-bond acceptors (Lipinski definition) is 4. The van der Waals surface area contributed by atoms with Gasteiger partial charge in [-0.3, -0.25) is 4.79 Å². The lowest BCUT2D eigenvalue weighted by Crippen LogP contribution is -2.33. The molecule has 0 saturated carbocycles. The van der Waals surface area contributed by atoms with E-state index < -0.39 is 10.0 Å². The zero-order chi connectivity index (χ0) is 18.4. The summed E-state index contributed by atoms with van der Waals surface area (Å²) in [5, 5.41) is 2.93. The molecule has 2 aliphatic heterocycles. The van der Waals surface area contributed by atoms with E-state index in [1.54, 1.807) is 12.1 Å². The smallest absolute Gasteiger partial charge is 0.251 e. The molecule has 1 N–H and O–H groups in total. The van der Waals surface area contributed by atoms with Gasteiger partial charge in [0.25, 0.3) is 5.91 Å². The number of rotatable bonds is 7. The molecule has 2 aliphatic rings. The molecule has 6 nitrogen and oxygen atoms in total. The van der Waals surface area contributed by atoms with Crippen molar-refractivity contribution in [3.8, 4) is 0 Å². The highest BCUT2D eigenvalue weighted by molar-refractivity contribution is 7.89. The summed E-state index contributed by atoms with van der Waals surface area (Å²) in [6.45, 7) is 5.17. The maximum atomic E-state index is 12.5. The molecule has 0 unspecified atom stereocenters. The van der Waals surface area contributed by atoms with Gasteiger partial charge in [0.15, 0.2) is 0 Å². The molecular formula is C19H29N3O3S. The van der Waals surface area contributed by atoms with E-state index in [0.717, 1.165) is 25.8 Å². The fourth-order valence-corrected chi connectivity index (χ4v) is 5.16. The molecule has 1 aromatic rings. The SMILES string of the molecule is O=C(NCCCN1CCCCC1)c1ccc(S(=O)(=O)N2CCCC2)cc1. The van der Waals surface area contributed by atoms with E-state index >= 15 is 0 Å². The number of carbonyl (C=O) groups excluding carboxylic acids is 1. The monoisotopic (exact) mass is 379 g/mol. The maximum Gasteiger partial charge on any atom is 0.251 e. The highest BCUT2D eigenvalue weighted by atomic mass is 32.2. The first-order valence-corrected chi connectivity index (χ1v) is 11.1. The molecule has 0 spiro atoms. The zero-order valence-electron chi connectivity index (χ0n) is 15.3. The molecule has 3 rings (SSSR count). The van der Waals surface area contributed by atoms with E-state index in [9.17, 15) is 13.2 Å². The van der Waals surface area contributed by atoms with Crippen molar-refractivity contribution in [2.75, 3.05) is 39.3 Å². The van der Waals surface area contributed by atoms with Gasteiger partial charge in [0.2, 0.25) is 10.0 Å². The Kier molecular flexibility index (Phi) is 6.67. The highest BCUT2D eigenvalue weighted by Gasteiger charge is 2.27. The van der Waals surface area contributed by atoms with Crippen molar-refractivity contribution < 1.29 is 13.2 Å². The number of benzene rings is 1. The van der Waals surface area contributed by atoms with Gasteiger partial charge in [-0.2, -0.15) is 4.31 Å². The molecule has 2 heterocycles. The van der Waals surface area contributed by atoms with Crippen LogP contribution in [0.1, 0.15) is 48.9 Å². The van der Waals surface area contributed by atoms with Crippen LogP contribution in [-0.4, -0.2) is 62.8 Å². The van der Waals surface area contributed by atoms with Crippen LogP contribution in [-0.2, 0) is 10.0 Å². The summed E-state index contributed by atoms with van der Waals surface area (Å²) >= 11 is 0. The van der Waals surface area contributed by atoms with Gasteiger partial charge in [-0.05, 0) is 76.0 Å². The molecule has 26 heavy (non-hydrogen) atoms. The Morgan fingerprint density at radius 3 is 2.19 bits per heavy atom. The van der Waals surface area contributed by atoms with Crippen LogP contribution in [0.15, 0.2) is 29.2 Å². The Balaban J connectivity index is 1.47. The number of amides is 1. The molecule has 0 aliphatic carbocycles. The average Bonchev–Trinajstić information content (AvgIpc) is 3.22. The lowest BCUT2D eigenvalue weighted by molar-refractivity contribution is 0.0951. The van der Waals surface area contributed by atoms with Gasteiger partial charge in [-0.1, -0.05) is 6.42 Å². The minimum absolute atomic E-state index is 0.145. The van der Waals surface area contributed by atoms with Gasteiger partial charge in [-0.25, -0.2) is 8.42 Å². The van der Waals surface area contributed by atoms with Gasteiger partial charge in [0.05, 0.1) is 4.90 Å². The van der Waals surface area contributed by atoms with Crippen molar-refractivity contribution in [2.24, 2.45) is 0 Å². The third-order valence-electron chi connectivity index (χ3n) is 5.20. The van der Waals surface area contributed by atoms with E-state index in [2.05, 4.69) is 10.2 Å². The first kappa shape index (κ1) is 19.3. The van der Waals surface area contributed by atoms with Gasteiger partial charge in [0.1, 0.15) is 0 Å². The summed E-state index contributed by atoms with van der Waals surface area (Å²) in [6, 6.07) is 6.28. The van der Waals surface area contributed by atoms with Crippen LogP contribution in [0.4, 0.5) is 0 Å². The Labute approximate surface area is 156 Å². The first-order chi connectivity index (χ1) is 12.6. The molecular weight excluding hydrogens is 350 g/mol. The predicted octanol–water partition coefficient (Wildman–Crippen LogP) is 2.08. The second-order valence-electron chi connectivity index (χ2n) is 7.15. The molecule has 0 radical (unpaired) electrons. The zero-order valence-corrected chi connectivity index (χ0v) is 16.1. The number of carbonyl (C=O) groups is 1. The van der Waals surface area contributed by atoms with Crippen LogP contribution >= 0.6 is 0 Å². The second kappa shape index (κ2) is 8.97. The summed E-state index contributed by atoms with van der Waals surface area (Å²) < 4.78 is 26.5. The van der Waals surface area contributed by atoms with Crippen molar-refractivity contribution >= 4 is 15.9 Å². The molecule has 2 fully saturated rings. The van der Waals surface area contributed by atoms with Crippen LogP contribution in [0, 0.1) is 0 Å². The molecule has 0 bridgehead atoms. The molecule has 0 aromatic heterocycles. The Morgan fingerprint density at radius 1 is 0.923 bits per heavy atom. The normalized spacial score (nSPS) is 19.5. The molecule has 1 amide bonds. The van der Waals surface area contributed by atoms with Crippen LogP contribution in [0.2, 0.25) is 0 Å². The number of nitrogens with zero attached hydrogens (tertiary/aromatic N) is 2. The van der Waals surface area contributed by atoms with Crippen molar-refractivity contribution in [2.45, 2.75) is 43.4 Å². The molecule has 1 aromatic carbocycles. The molecule has 7 heteroatoms. The third-order valence-corrected chi connectivity index (χ3v) is 7.12. The van der Waals surface area contributed by atoms with Crippen LogP contribution in [0.5, 0.6) is 0 Å². The standard InChI is InChI=1S/C19H29N3O3S/c23-19(20-11-6-14-21-12-2-1-3-13-21)17-7-9-18(10-8-17)26(24,25)22-15-4-5-16-22/h7-10H,1-6,11-16H2,(H,20,23). The largest absolute Gasteiger partial charge is 0.352 e. The maximum absolute atomic E-state index is 12.5. The Hall–Kier alpha value is -1.44. The summed E-state index contributed by atoms with van der Waals surface area (Å²) in [7, 11) is -3.42. The van der Waals surface area contributed by atoms with E-state index in [-0.39, 0.29) is 10.8 Å². The number of sulfonamides is 1. The van der Waals surface area contributed by atoms with E-state index in [0.29, 0.717) is 25.2 Å². The molecule has 2 saturated heterocycles. The van der Waals surface area contributed by atoms with Gasteiger partial charge in [0, 0.05) is 25.2 Å². The van der Waals surface area contributed by atoms with Crippen LogP contribution < -0.4 is 5.32 Å². The van der Waals surface area contributed by atoms with Crippen molar-refractivity contribution in [1.29, 1.82) is 0 Å². The lowest BCUT2D eigenvalue weighted by Gasteiger charge is -2.26. The van der Waals surface area contributed by atoms with E-state index in [4.69, 9.17) is 0 Å². The predicted molar refractivity (Wildman–Crippen MR) is 102 cm³/mol.